The lowest BCUT2D eigenvalue weighted by Gasteiger charge is -2.35. The summed E-state index contributed by atoms with van der Waals surface area (Å²) >= 11 is 3.50. The second-order valence-electron chi connectivity index (χ2n) is 6.22. The number of carbonyl (C=O) groups excluding carboxylic acids is 1. The Morgan fingerprint density at radius 3 is 2.71 bits per heavy atom. The molecule has 2 heterocycles. The average molecular weight is 396 g/mol. The Morgan fingerprint density at radius 1 is 1.33 bits per heavy atom. The number of hydrogen-bond donors (Lipinski definition) is 0. The highest BCUT2D eigenvalue weighted by Crippen LogP contribution is 2.31. The van der Waals surface area contributed by atoms with E-state index in [0.717, 1.165) is 28.5 Å². The molecule has 0 N–H and O–H groups in total. The van der Waals surface area contributed by atoms with Crippen molar-refractivity contribution in [1.82, 2.24) is 4.90 Å². The third-order valence-corrected chi connectivity index (χ3v) is 4.58. The summed E-state index contributed by atoms with van der Waals surface area (Å²) in [5, 5.41) is 0.944. The van der Waals surface area contributed by atoms with Crippen molar-refractivity contribution >= 4 is 32.9 Å². The highest BCUT2D eigenvalue weighted by molar-refractivity contribution is 9.10. The number of halogens is 1. The molecule has 0 spiro atoms. The monoisotopic (exact) mass is 395 g/mol. The predicted octanol–water partition coefficient (Wildman–Crippen LogP) is 3.98. The van der Waals surface area contributed by atoms with E-state index < -0.39 is 5.97 Å². The molecule has 6 heteroatoms. The molecular formula is C18H22BrNO4. The van der Waals surface area contributed by atoms with Crippen LogP contribution in [0.3, 0.4) is 0 Å². The van der Waals surface area contributed by atoms with Crippen LogP contribution in [0.1, 0.15) is 36.9 Å². The van der Waals surface area contributed by atoms with E-state index >= 15 is 0 Å². The third-order valence-electron chi connectivity index (χ3n) is 4.09. The lowest BCUT2D eigenvalue weighted by atomic mass is 10.1. The maximum absolute atomic E-state index is 12.3. The van der Waals surface area contributed by atoms with Gasteiger partial charge in [-0.25, -0.2) is 4.79 Å². The van der Waals surface area contributed by atoms with Crippen LogP contribution in [0, 0.1) is 0 Å². The number of fused-ring (bicyclic) bond motifs is 1. The van der Waals surface area contributed by atoms with Crippen molar-refractivity contribution in [3.8, 4) is 0 Å². The van der Waals surface area contributed by atoms with E-state index in [4.69, 9.17) is 13.9 Å². The summed E-state index contributed by atoms with van der Waals surface area (Å²) in [5.41, 5.74) is 1.58. The Kier molecular flexibility index (Phi) is 5.27. The number of furan rings is 1. The zero-order valence-corrected chi connectivity index (χ0v) is 15.8. The number of benzene rings is 1. The molecule has 1 aromatic carbocycles. The van der Waals surface area contributed by atoms with Crippen LogP contribution in [0.2, 0.25) is 0 Å². The van der Waals surface area contributed by atoms with E-state index in [1.54, 1.807) is 6.92 Å². The molecule has 0 saturated carbocycles. The molecule has 3 rings (SSSR count). The zero-order valence-electron chi connectivity index (χ0n) is 14.2. The zero-order chi connectivity index (χ0) is 17.3. The van der Waals surface area contributed by atoms with Gasteiger partial charge in [-0.2, -0.15) is 0 Å². The van der Waals surface area contributed by atoms with Gasteiger partial charge in [-0.05, 0) is 39.0 Å². The molecule has 0 unspecified atom stereocenters. The van der Waals surface area contributed by atoms with Crippen LogP contribution in [0.15, 0.2) is 27.1 Å². The van der Waals surface area contributed by atoms with Crippen LogP contribution in [-0.4, -0.2) is 42.8 Å². The van der Waals surface area contributed by atoms with Crippen LogP contribution in [0.5, 0.6) is 0 Å². The lowest BCUT2D eigenvalue weighted by molar-refractivity contribution is -0.0705. The standard InChI is InChI=1S/C18H22BrNO4/c1-4-22-18(21)17-15(10-20-8-11(2)23-12(3)9-20)14-7-13(19)5-6-16(14)24-17/h5-7,11-12H,4,8-10H2,1-3H3/t11-,12-/m1/s1. The number of nitrogens with zero attached hydrogens (tertiary/aromatic N) is 1. The van der Waals surface area contributed by atoms with Gasteiger partial charge in [0.25, 0.3) is 0 Å². The number of carbonyl (C=O) groups is 1. The van der Waals surface area contributed by atoms with Crippen LogP contribution in [0.4, 0.5) is 0 Å². The van der Waals surface area contributed by atoms with Crippen molar-refractivity contribution in [2.75, 3.05) is 19.7 Å². The van der Waals surface area contributed by atoms with E-state index in [9.17, 15) is 4.79 Å². The van der Waals surface area contributed by atoms with E-state index in [2.05, 4.69) is 34.7 Å². The van der Waals surface area contributed by atoms with Crippen molar-refractivity contribution in [2.24, 2.45) is 0 Å². The van der Waals surface area contributed by atoms with E-state index in [1.165, 1.54) is 0 Å². The van der Waals surface area contributed by atoms with Gasteiger partial charge in [0.2, 0.25) is 5.76 Å². The number of morpholine rings is 1. The summed E-state index contributed by atoms with van der Waals surface area (Å²) in [6.45, 7) is 8.54. The Morgan fingerprint density at radius 2 is 2.04 bits per heavy atom. The second-order valence-corrected chi connectivity index (χ2v) is 7.14. The van der Waals surface area contributed by atoms with E-state index in [1.807, 2.05) is 18.2 Å². The topological polar surface area (TPSA) is 51.9 Å². The Hall–Kier alpha value is -1.37. The molecule has 130 valence electrons. The van der Waals surface area contributed by atoms with Gasteiger partial charge < -0.3 is 13.9 Å². The van der Waals surface area contributed by atoms with Gasteiger partial charge >= 0.3 is 5.97 Å². The molecule has 0 amide bonds. The van der Waals surface area contributed by atoms with E-state index in [-0.39, 0.29) is 12.2 Å². The number of hydrogen-bond acceptors (Lipinski definition) is 5. The summed E-state index contributed by atoms with van der Waals surface area (Å²) in [6.07, 6.45) is 0.342. The van der Waals surface area contributed by atoms with Crippen molar-refractivity contribution in [3.05, 3.63) is 34.0 Å². The van der Waals surface area contributed by atoms with Gasteiger partial charge in [0, 0.05) is 35.1 Å². The minimum atomic E-state index is -0.408. The van der Waals surface area contributed by atoms with Crippen LogP contribution < -0.4 is 0 Å². The molecule has 1 aliphatic heterocycles. The summed E-state index contributed by atoms with van der Waals surface area (Å²) in [6, 6.07) is 5.77. The first-order chi connectivity index (χ1) is 11.5. The Bertz CT molecular complexity index is 732. The molecule has 1 saturated heterocycles. The maximum Gasteiger partial charge on any atom is 0.374 e. The molecule has 5 nitrogen and oxygen atoms in total. The summed E-state index contributed by atoms with van der Waals surface area (Å²) < 4.78 is 17.7. The molecule has 0 bridgehead atoms. The van der Waals surface area contributed by atoms with Gasteiger partial charge in [0.05, 0.1) is 18.8 Å². The summed E-state index contributed by atoms with van der Waals surface area (Å²) in [4.78, 5) is 14.6. The molecule has 2 atom stereocenters. The van der Waals surface area contributed by atoms with Crippen molar-refractivity contribution in [2.45, 2.75) is 39.5 Å². The third kappa shape index (κ3) is 3.66. The Labute approximate surface area is 150 Å². The quantitative estimate of drug-likeness (QED) is 0.732. The van der Waals surface area contributed by atoms with Crippen LogP contribution in [0.25, 0.3) is 11.0 Å². The second kappa shape index (κ2) is 7.25. The number of ether oxygens (including phenoxy) is 2. The fourth-order valence-corrected chi connectivity index (χ4v) is 3.64. The highest BCUT2D eigenvalue weighted by atomic mass is 79.9. The minimum absolute atomic E-state index is 0.171. The smallest absolute Gasteiger partial charge is 0.374 e. The number of rotatable bonds is 4. The molecular weight excluding hydrogens is 374 g/mol. The molecule has 2 aromatic rings. The molecule has 1 fully saturated rings. The normalized spacial score (nSPS) is 22.0. The first-order valence-electron chi connectivity index (χ1n) is 8.23. The van der Waals surface area contributed by atoms with Gasteiger partial charge in [0.1, 0.15) is 5.58 Å². The first kappa shape index (κ1) is 17.5. The molecule has 0 aliphatic carbocycles. The van der Waals surface area contributed by atoms with Gasteiger partial charge in [-0.1, -0.05) is 15.9 Å². The Balaban J connectivity index is 1.98. The molecule has 24 heavy (non-hydrogen) atoms. The maximum atomic E-state index is 12.3. The van der Waals surface area contributed by atoms with Crippen LogP contribution >= 0.6 is 15.9 Å². The SMILES string of the molecule is CCOC(=O)c1oc2ccc(Br)cc2c1CN1C[C@@H](C)O[C@H](C)C1. The van der Waals surface area contributed by atoms with Crippen molar-refractivity contribution in [3.63, 3.8) is 0 Å². The largest absolute Gasteiger partial charge is 0.460 e. The van der Waals surface area contributed by atoms with Crippen molar-refractivity contribution < 1.29 is 18.7 Å². The van der Waals surface area contributed by atoms with Crippen molar-refractivity contribution in [1.29, 1.82) is 0 Å². The fraction of sp³-hybridized carbons (Fsp3) is 0.500. The fourth-order valence-electron chi connectivity index (χ4n) is 3.28. The molecule has 1 aliphatic rings. The molecule has 1 aromatic heterocycles. The average Bonchev–Trinajstić information content (AvgIpc) is 2.85. The first-order valence-corrected chi connectivity index (χ1v) is 9.03. The minimum Gasteiger partial charge on any atom is -0.460 e. The summed E-state index contributed by atoms with van der Waals surface area (Å²) in [7, 11) is 0. The van der Waals surface area contributed by atoms with E-state index in [0.29, 0.717) is 24.5 Å². The van der Waals surface area contributed by atoms with Gasteiger partial charge in [0.15, 0.2) is 0 Å². The molecule has 0 radical (unpaired) electrons. The number of esters is 1. The van der Waals surface area contributed by atoms with Crippen LogP contribution in [-0.2, 0) is 16.0 Å². The van der Waals surface area contributed by atoms with Gasteiger partial charge in [-0.3, -0.25) is 4.90 Å². The summed E-state index contributed by atoms with van der Waals surface area (Å²) in [5.74, 6) is -0.106. The van der Waals surface area contributed by atoms with Gasteiger partial charge in [-0.15, -0.1) is 0 Å². The highest BCUT2D eigenvalue weighted by Gasteiger charge is 2.27. The predicted molar refractivity (Wildman–Crippen MR) is 95.2 cm³/mol. The lowest BCUT2D eigenvalue weighted by Crippen LogP contribution is -2.44.